The van der Waals surface area contributed by atoms with Crippen LogP contribution in [0, 0.1) is 27.7 Å². The van der Waals surface area contributed by atoms with E-state index in [4.69, 9.17) is 0 Å². The summed E-state index contributed by atoms with van der Waals surface area (Å²) in [7, 11) is 0. The fraction of sp³-hybridized carbons (Fsp3) is 0.550. The first-order chi connectivity index (χ1) is 18.9. The normalized spacial score (nSPS) is 14.7. The van der Waals surface area contributed by atoms with Gasteiger partial charge in [0.15, 0.2) is 0 Å². The van der Waals surface area contributed by atoms with Crippen LogP contribution >= 0.6 is 0 Å². The smallest absolute Gasteiger partial charge is 0.105 e. The van der Waals surface area contributed by atoms with Crippen molar-refractivity contribution < 1.29 is 10.2 Å². The zero-order chi connectivity index (χ0) is 32.3. The maximum atomic E-state index is 12.0. The Bertz CT molecular complexity index is 1250. The number of rotatable bonds is 4. The van der Waals surface area contributed by atoms with Crippen molar-refractivity contribution in [1.82, 2.24) is 0 Å². The Morgan fingerprint density at radius 3 is 0.738 bits per heavy atom. The minimum atomic E-state index is -0.756. The van der Waals surface area contributed by atoms with Crippen molar-refractivity contribution in [3.63, 3.8) is 0 Å². The van der Waals surface area contributed by atoms with E-state index in [2.05, 4.69) is 147 Å². The molecule has 0 aliphatic heterocycles. The van der Waals surface area contributed by atoms with Gasteiger partial charge in [-0.2, -0.15) is 0 Å². The van der Waals surface area contributed by atoms with Gasteiger partial charge in [-0.15, -0.1) is 0 Å². The Morgan fingerprint density at radius 1 is 0.381 bits per heavy atom. The monoisotopic (exact) mass is 570 g/mol. The van der Waals surface area contributed by atoms with Gasteiger partial charge in [-0.25, -0.2) is 0 Å². The highest BCUT2D eigenvalue weighted by Crippen LogP contribution is 2.41. The minimum Gasteiger partial charge on any atom is -0.384 e. The zero-order valence-electron chi connectivity index (χ0n) is 29.5. The van der Waals surface area contributed by atoms with Crippen molar-refractivity contribution in [3.8, 4) is 0 Å². The second kappa shape index (κ2) is 11.3. The van der Waals surface area contributed by atoms with E-state index < -0.39 is 12.2 Å². The van der Waals surface area contributed by atoms with Crippen molar-refractivity contribution >= 4 is 0 Å². The summed E-state index contributed by atoms with van der Waals surface area (Å²) in [5.41, 5.74) is 12.7. The van der Waals surface area contributed by atoms with E-state index >= 15 is 0 Å². The molecule has 3 aromatic carbocycles. The van der Waals surface area contributed by atoms with Gasteiger partial charge in [0, 0.05) is 0 Å². The molecule has 0 heterocycles. The molecule has 0 fully saturated rings. The lowest BCUT2D eigenvalue weighted by molar-refractivity contribution is 0.213. The van der Waals surface area contributed by atoms with Gasteiger partial charge >= 0.3 is 0 Å². The summed E-state index contributed by atoms with van der Waals surface area (Å²) in [4.78, 5) is 0. The summed E-state index contributed by atoms with van der Waals surface area (Å²) in [6, 6.07) is 13.3. The fourth-order valence-electron chi connectivity index (χ4n) is 5.88. The van der Waals surface area contributed by atoms with Gasteiger partial charge in [0.2, 0.25) is 0 Å². The van der Waals surface area contributed by atoms with Gasteiger partial charge in [0.25, 0.3) is 0 Å². The van der Waals surface area contributed by atoms with Crippen LogP contribution in [0.2, 0.25) is 0 Å². The van der Waals surface area contributed by atoms with E-state index in [0.717, 1.165) is 44.5 Å². The molecule has 0 saturated heterocycles. The van der Waals surface area contributed by atoms with E-state index in [-0.39, 0.29) is 21.7 Å². The summed E-state index contributed by atoms with van der Waals surface area (Å²) >= 11 is 0. The molecule has 0 aliphatic rings. The summed E-state index contributed by atoms with van der Waals surface area (Å²) < 4.78 is 0. The zero-order valence-corrected chi connectivity index (χ0v) is 29.5. The third-order valence-electron chi connectivity index (χ3n) is 9.29. The number of hydrogen-bond acceptors (Lipinski definition) is 2. The molecule has 2 unspecified atom stereocenters. The van der Waals surface area contributed by atoms with E-state index in [1.165, 1.54) is 22.3 Å². The van der Waals surface area contributed by atoms with Crippen LogP contribution in [-0.4, -0.2) is 10.2 Å². The molecular formula is C40H58O2. The maximum Gasteiger partial charge on any atom is 0.105 e. The van der Waals surface area contributed by atoms with Crippen LogP contribution in [0.1, 0.15) is 162 Å². The van der Waals surface area contributed by atoms with E-state index in [1.54, 1.807) is 0 Å². The van der Waals surface area contributed by atoms with Crippen LogP contribution in [-0.2, 0) is 21.7 Å². The summed E-state index contributed by atoms with van der Waals surface area (Å²) in [6.45, 7) is 35.1. The molecule has 0 spiro atoms. The van der Waals surface area contributed by atoms with Crippen LogP contribution in [0.4, 0.5) is 0 Å². The third-order valence-corrected chi connectivity index (χ3v) is 9.29. The van der Waals surface area contributed by atoms with E-state index in [1.807, 2.05) is 0 Å². The number of aliphatic hydroxyl groups is 2. The predicted molar refractivity (Wildman–Crippen MR) is 181 cm³/mol. The molecule has 0 aromatic heterocycles. The summed E-state index contributed by atoms with van der Waals surface area (Å²) in [5, 5.41) is 24.0. The van der Waals surface area contributed by atoms with Gasteiger partial charge < -0.3 is 10.2 Å². The number of benzene rings is 3. The van der Waals surface area contributed by atoms with Crippen molar-refractivity contribution in [2.24, 2.45) is 0 Å². The average molecular weight is 571 g/mol. The third kappa shape index (κ3) is 6.87. The second-order valence-corrected chi connectivity index (χ2v) is 16.8. The van der Waals surface area contributed by atoms with Crippen LogP contribution in [0.3, 0.4) is 0 Å². The standard InChI is InChI=1S/C40H58O2/c1-23-24(2)34(36(42)28-19-31(39(11,12)13)22-32(20-28)40(14,15)16)26(4)25(3)33(23)35(41)27-17-29(37(5,6)7)21-30(18-27)38(8,9)10/h17-22,35-36,41-42H,1-16H3. The lowest BCUT2D eigenvalue weighted by Gasteiger charge is -2.30. The van der Waals surface area contributed by atoms with Gasteiger partial charge in [-0.05, 0) is 116 Å². The fourth-order valence-corrected chi connectivity index (χ4v) is 5.88. The quantitative estimate of drug-likeness (QED) is 0.328. The first kappa shape index (κ1) is 34.1. The van der Waals surface area contributed by atoms with Crippen molar-refractivity contribution in [2.75, 3.05) is 0 Å². The highest BCUT2D eigenvalue weighted by atomic mass is 16.3. The molecule has 3 aromatic rings. The van der Waals surface area contributed by atoms with Crippen LogP contribution in [0.5, 0.6) is 0 Å². The minimum absolute atomic E-state index is 0.0346. The summed E-state index contributed by atoms with van der Waals surface area (Å²) in [5.74, 6) is 0. The second-order valence-electron chi connectivity index (χ2n) is 16.8. The largest absolute Gasteiger partial charge is 0.384 e. The highest BCUT2D eigenvalue weighted by Gasteiger charge is 2.29. The van der Waals surface area contributed by atoms with Crippen LogP contribution in [0.15, 0.2) is 36.4 Å². The Labute approximate surface area is 257 Å². The van der Waals surface area contributed by atoms with Gasteiger partial charge in [0.05, 0.1) is 0 Å². The Hall–Kier alpha value is -2.42. The lowest BCUT2D eigenvalue weighted by Crippen LogP contribution is -2.19. The topological polar surface area (TPSA) is 40.5 Å². The molecule has 0 amide bonds. The number of aliphatic hydroxyl groups excluding tert-OH is 2. The molecule has 0 radical (unpaired) electrons. The molecule has 2 atom stereocenters. The molecule has 0 aliphatic carbocycles. The van der Waals surface area contributed by atoms with E-state index in [0.29, 0.717) is 0 Å². The molecule has 42 heavy (non-hydrogen) atoms. The molecule has 0 bridgehead atoms. The average Bonchev–Trinajstić information content (AvgIpc) is 2.85. The Balaban J connectivity index is 2.24. The molecule has 0 saturated carbocycles. The van der Waals surface area contributed by atoms with Crippen molar-refractivity contribution in [2.45, 2.75) is 145 Å². The van der Waals surface area contributed by atoms with E-state index in [9.17, 15) is 10.2 Å². The predicted octanol–water partition coefficient (Wildman–Crippen LogP) is 10.3. The van der Waals surface area contributed by atoms with Gasteiger partial charge in [-0.3, -0.25) is 0 Å². The molecule has 2 nitrogen and oxygen atoms in total. The molecule has 230 valence electrons. The number of hydrogen-bond donors (Lipinski definition) is 2. The van der Waals surface area contributed by atoms with Gasteiger partial charge in [-0.1, -0.05) is 119 Å². The van der Waals surface area contributed by atoms with Crippen LogP contribution < -0.4 is 0 Å². The van der Waals surface area contributed by atoms with Gasteiger partial charge in [0.1, 0.15) is 12.2 Å². The molecule has 2 heteroatoms. The van der Waals surface area contributed by atoms with Crippen molar-refractivity contribution in [1.29, 1.82) is 0 Å². The highest BCUT2D eigenvalue weighted by molar-refractivity contribution is 5.56. The first-order valence-corrected chi connectivity index (χ1v) is 15.6. The Morgan fingerprint density at radius 2 is 0.571 bits per heavy atom. The first-order valence-electron chi connectivity index (χ1n) is 15.6. The van der Waals surface area contributed by atoms with Crippen molar-refractivity contribution in [3.05, 3.63) is 103 Å². The lowest BCUT2D eigenvalue weighted by atomic mass is 9.76. The Kier molecular flexibility index (Phi) is 9.13. The summed E-state index contributed by atoms with van der Waals surface area (Å²) in [6.07, 6.45) is -1.51. The molecular weight excluding hydrogens is 512 g/mol. The maximum absolute atomic E-state index is 12.0. The molecule has 3 rings (SSSR count). The molecule has 2 N–H and O–H groups in total. The van der Waals surface area contributed by atoms with Crippen LogP contribution in [0.25, 0.3) is 0 Å². The SMILES string of the molecule is Cc1c(C)c(C(O)c2cc(C(C)(C)C)cc(C(C)(C)C)c2)c(C)c(C)c1C(O)c1cc(C(C)(C)C)cc(C(C)(C)C)c1.